The summed E-state index contributed by atoms with van der Waals surface area (Å²) >= 11 is 5.97. The minimum Gasteiger partial charge on any atom is -0.351 e. The number of hydrogen-bond donors (Lipinski definition) is 0. The fraction of sp³-hybridized carbons (Fsp3) is 0.643. The molecule has 0 spiro atoms. The average Bonchev–Trinajstić information content (AvgIpc) is 2.38. The predicted octanol–water partition coefficient (Wildman–Crippen LogP) is 2.52. The number of alkyl halides is 1. The molecule has 100 valence electrons. The third-order valence-electron chi connectivity index (χ3n) is 3.57. The van der Waals surface area contributed by atoms with Gasteiger partial charge in [0.15, 0.2) is 0 Å². The molecule has 0 N–H and O–H groups in total. The number of likely N-dealkylation sites (N-methyl/N-ethyl adjacent to an activating group) is 1. The normalized spacial score (nSPS) is 21.3. The van der Waals surface area contributed by atoms with Crippen LogP contribution in [0, 0.1) is 0 Å². The third kappa shape index (κ3) is 2.96. The lowest BCUT2D eigenvalue weighted by molar-refractivity contribution is 0.274. The molecule has 0 saturated carbocycles. The molecular weight excluding hydrogens is 246 g/mol. The van der Waals surface area contributed by atoms with Gasteiger partial charge in [0.25, 0.3) is 0 Å². The quantitative estimate of drug-likeness (QED) is 0.785. The van der Waals surface area contributed by atoms with E-state index in [9.17, 15) is 0 Å². The average molecular weight is 268 g/mol. The molecule has 1 fully saturated rings. The third-order valence-corrected chi connectivity index (χ3v) is 3.87. The van der Waals surface area contributed by atoms with Crippen molar-refractivity contribution in [3.63, 3.8) is 0 Å². The van der Waals surface area contributed by atoms with E-state index >= 15 is 0 Å². The number of nitrogens with zero attached hydrogens (tertiary/aromatic N) is 3. The molecule has 1 aliphatic heterocycles. The smallest absolute Gasteiger partial charge is 0.129 e. The molecule has 1 aromatic rings. The minimum absolute atomic E-state index is 0.506. The van der Waals surface area contributed by atoms with E-state index in [0.717, 1.165) is 37.6 Å². The molecule has 0 amide bonds. The molecule has 0 aromatic carbocycles. The van der Waals surface area contributed by atoms with Gasteiger partial charge in [-0.15, -0.1) is 11.6 Å². The van der Waals surface area contributed by atoms with Gasteiger partial charge < -0.3 is 9.80 Å². The van der Waals surface area contributed by atoms with Crippen molar-refractivity contribution < 1.29 is 0 Å². The molecule has 2 heterocycles. The molecule has 0 aliphatic carbocycles. The highest BCUT2D eigenvalue weighted by Crippen LogP contribution is 2.21. The van der Waals surface area contributed by atoms with Gasteiger partial charge in [-0.2, -0.15) is 0 Å². The van der Waals surface area contributed by atoms with E-state index in [-0.39, 0.29) is 0 Å². The van der Waals surface area contributed by atoms with E-state index in [4.69, 9.17) is 16.6 Å². The van der Waals surface area contributed by atoms with Crippen LogP contribution in [0.4, 0.5) is 5.82 Å². The first-order valence-corrected chi connectivity index (χ1v) is 7.18. The largest absolute Gasteiger partial charge is 0.351 e. The lowest BCUT2D eigenvalue weighted by atomic mass is 10.1. The Bertz CT molecular complexity index is 386. The number of aryl methyl sites for hydroxylation is 1. The molecule has 18 heavy (non-hydrogen) atoms. The van der Waals surface area contributed by atoms with Crippen LogP contribution in [0.5, 0.6) is 0 Å². The van der Waals surface area contributed by atoms with Crippen LogP contribution in [0.25, 0.3) is 0 Å². The van der Waals surface area contributed by atoms with Gasteiger partial charge in [0.2, 0.25) is 0 Å². The first-order chi connectivity index (χ1) is 8.63. The summed E-state index contributed by atoms with van der Waals surface area (Å²) in [5.41, 5.74) is 2.30. The Balaban J connectivity index is 2.26. The summed E-state index contributed by atoms with van der Waals surface area (Å²) in [5, 5.41) is 0. The van der Waals surface area contributed by atoms with Gasteiger partial charge in [-0.05, 0) is 38.1 Å². The van der Waals surface area contributed by atoms with E-state index in [1.54, 1.807) is 0 Å². The van der Waals surface area contributed by atoms with Crippen LogP contribution in [-0.4, -0.2) is 42.6 Å². The molecule has 1 atom stereocenters. The Morgan fingerprint density at radius 1 is 1.39 bits per heavy atom. The summed E-state index contributed by atoms with van der Waals surface area (Å²) in [6.07, 6.45) is 0.958. The van der Waals surface area contributed by atoms with Crippen LogP contribution >= 0.6 is 11.6 Å². The zero-order valence-corrected chi connectivity index (χ0v) is 12.2. The summed E-state index contributed by atoms with van der Waals surface area (Å²) in [6, 6.07) is 4.75. The minimum atomic E-state index is 0.506. The maximum absolute atomic E-state index is 5.97. The molecule has 0 radical (unpaired) electrons. The van der Waals surface area contributed by atoms with Crippen molar-refractivity contribution in [3.8, 4) is 0 Å². The fourth-order valence-electron chi connectivity index (χ4n) is 2.52. The van der Waals surface area contributed by atoms with Crippen LogP contribution in [0.1, 0.15) is 25.1 Å². The van der Waals surface area contributed by atoms with Crippen molar-refractivity contribution in [3.05, 3.63) is 23.4 Å². The van der Waals surface area contributed by atoms with Gasteiger partial charge in [0.1, 0.15) is 5.82 Å². The van der Waals surface area contributed by atoms with Gasteiger partial charge in [-0.1, -0.05) is 6.92 Å². The topological polar surface area (TPSA) is 19.4 Å². The van der Waals surface area contributed by atoms with Crippen molar-refractivity contribution in [1.29, 1.82) is 0 Å². The Morgan fingerprint density at radius 3 is 2.78 bits per heavy atom. The highest BCUT2D eigenvalue weighted by molar-refractivity contribution is 6.17. The SMILES string of the molecule is CCc1cc(CCl)cc(N2CCN(C)CC2C)n1. The van der Waals surface area contributed by atoms with Crippen molar-refractivity contribution >= 4 is 17.4 Å². The number of hydrogen-bond acceptors (Lipinski definition) is 3. The molecule has 3 nitrogen and oxygen atoms in total. The van der Waals surface area contributed by atoms with Gasteiger partial charge >= 0.3 is 0 Å². The second-order valence-electron chi connectivity index (χ2n) is 5.12. The van der Waals surface area contributed by atoms with Gasteiger partial charge in [-0.25, -0.2) is 4.98 Å². The van der Waals surface area contributed by atoms with Gasteiger partial charge in [0.05, 0.1) is 0 Å². The van der Waals surface area contributed by atoms with Crippen molar-refractivity contribution in [2.24, 2.45) is 0 Å². The molecule has 4 heteroatoms. The number of rotatable bonds is 3. The second kappa shape index (κ2) is 5.89. The molecule has 2 rings (SSSR count). The standard InChI is InChI=1S/C14H22ClN3/c1-4-13-7-12(9-15)8-14(16-13)18-6-5-17(3)10-11(18)2/h7-8,11H,4-6,9-10H2,1-3H3. The molecule has 1 unspecified atom stereocenters. The van der Waals surface area contributed by atoms with Crippen LogP contribution in [0.15, 0.2) is 12.1 Å². The fourth-order valence-corrected chi connectivity index (χ4v) is 2.67. The number of piperazine rings is 1. The first kappa shape index (κ1) is 13.6. The Hall–Kier alpha value is -0.800. The molecule has 1 saturated heterocycles. The van der Waals surface area contributed by atoms with Crippen molar-refractivity contribution in [2.75, 3.05) is 31.6 Å². The number of aromatic nitrogens is 1. The van der Waals surface area contributed by atoms with E-state index in [1.807, 2.05) is 0 Å². The summed E-state index contributed by atoms with van der Waals surface area (Å²) in [4.78, 5) is 9.51. The Kier molecular flexibility index (Phi) is 4.46. The molecule has 1 aliphatic rings. The summed E-state index contributed by atoms with van der Waals surface area (Å²) in [5.74, 6) is 1.65. The summed E-state index contributed by atoms with van der Waals surface area (Å²) < 4.78 is 0. The molecule has 1 aromatic heterocycles. The van der Waals surface area contributed by atoms with Gasteiger partial charge in [0, 0.05) is 37.3 Å². The lowest BCUT2D eigenvalue weighted by Gasteiger charge is -2.39. The highest BCUT2D eigenvalue weighted by atomic mass is 35.5. The lowest BCUT2D eigenvalue weighted by Crippen LogP contribution is -2.50. The molecular formula is C14H22ClN3. The van der Waals surface area contributed by atoms with Crippen LogP contribution in [-0.2, 0) is 12.3 Å². The second-order valence-corrected chi connectivity index (χ2v) is 5.38. The van der Waals surface area contributed by atoms with E-state index < -0.39 is 0 Å². The van der Waals surface area contributed by atoms with Crippen molar-refractivity contribution in [2.45, 2.75) is 32.2 Å². The van der Waals surface area contributed by atoms with E-state index in [0.29, 0.717) is 11.9 Å². The van der Waals surface area contributed by atoms with Crippen LogP contribution in [0.3, 0.4) is 0 Å². The van der Waals surface area contributed by atoms with Crippen LogP contribution in [0.2, 0.25) is 0 Å². The van der Waals surface area contributed by atoms with E-state index in [2.05, 4.69) is 42.8 Å². The van der Waals surface area contributed by atoms with Crippen molar-refractivity contribution in [1.82, 2.24) is 9.88 Å². The number of pyridine rings is 1. The maximum atomic E-state index is 5.97. The number of anilines is 1. The van der Waals surface area contributed by atoms with E-state index in [1.165, 1.54) is 5.56 Å². The highest BCUT2D eigenvalue weighted by Gasteiger charge is 2.22. The maximum Gasteiger partial charge on any atom is 0.129 e. The molecule has 0 bridgehead atoms. The summed E-state index contributed by atoms with van der Waals surface area (Å²) in [6.45, 7) is 7.63. The number of halogens is 1. The predicted molar refractivity (Wildman–Crippen MR) is 77.5 cm³/mol. The zero-order valence-electron chi connectivity index (χ0n) is 11.5. The Labute approximate surface area is 115 Å². The Morgan fingerprint density at radius 2 is 2.17 bits per heavy atom. The zero-order chi connectivity index (χ0) is 13.1. The van der Waals surface area contributed by atoms with Gasteiger partial charge in [-0.3, -0.25) is 0 Å². The monoisotopic (exact) mass is 267 g/mol. The first-order valence-electron chi connectivity index (χ1n) is 6.65. The van der Waals surface area contributed by atoms with Crippen LogP contribution < -0.4 is 4.90 Å². The summed E-state index contributed by atoms with van der Waals surface area (Å²) in [7, 11) is 2.17.